The minimum Gasteiger partial charge on any atom is -0.396 e. The van der Waals surface area contributed by atoms with Gasteiger partial charge in [-0.05, 0) is 25.7 Å². The molecule has 160 valence electrons. The van der Waals surface area contributed by atoms with Gasteiger partial charge in [-0.15, -0.1) is 0 Å². The molecule has 8 heteroatoms. The quantitative estimate of drug-likeness (QED) is 0.300. The third-order valence-corrected chi connectivity index (χ3v) is 10.4. The lowest BCUT2D eigenvalue weighted by Gasteiger charge is -2.60. The third-order valence-electron chi connectivity index (χ3n) is 10.4. The Morgan fingerprint density at radius 2 is 1.64 bits per heavy atom. The van der Waals surface area contributed by atoms with Crippen molar-refractivity contribution in [3.05, 3.63) is 0 Å². The highest BCUT2D eigenvalue weighted by Gasteiger charge is 3.07. The first-order chi connectivity index (χ1) is 12.6. The van der Waals surface area contributed by atoms with Crippen molar-refractivity contribution < 1.29 is 40.5 Å². The molecule has 0 aromatic carbocycles. The van der Waals surface area contributed by atoms with Crippen LogP contribution in [0.1, 0.15) is 53.4 Å². The summed E-state index contributed by atoms with van der Waals surface area (Å²) in [5.41, 5.74) is -13.4. The van der Waals surface area contributed by atoms with E-state index in [1.54, 1.807) is 20.8 Å². The van der Waals surface area contributed by atoms with Crippen molar-refractivity contribution in [2.24, 2.45) is 22.7 Å². The Labute approximate surface area is 163 Å². The average Bonchev–Trinajstić information content (AvgIpc) is 2.88. The molecule has 0 aromatic heterocycles. The van der Waals surface area contributed by atoms with Gasteiger partial charge in [0.25, 0.3) is 0 Å². The van der Waals surface area contributed by atoms with Gasteiger partial charge in [-0.1, -0.05) is 20.8 Å². The highest BCUT2D eigenvalue weighted by atomic mass is 16.7. The van der Waals surface area contributed by atoms with Crippen molar-refractivity contribution in [1.29, 1.82) is 0 Å². The van der Waals surface area contributed by atoms with Crippen LogP contribution >= 0.6 is 0 Å². The van der Waals surface area contributed by atoms with Gasteiger partial charge in [0, 0.05) is 30.8 Å². The fraction of sp³-hybridized carbons (Fsp3) is 1.00. The Bertz CT molecular complexity index is 777. The Kier molecular flexibility index (Phi) is 3.14. The molecule has 2 heterocycles. The summed E-state index contributed by atoms with van der Waals surface area (Å²) in [6.07, 6.45) is -1.24. The first kappa shape index (κ1) is 19.6. The van der Waals surface area contributed by atoms with Gasteiger partial charge in [0.1, 0.15) is 16.8 Å². The van der Waals surface area contributed by atoms with Crippen LogP contribution in [0.3, 0.4) is 0 Å². The van der Waals surface area contributed by atoms with Gasteiger partial charge in [0.05, 0.1) is 17.1 Å². The normalized spacial score (nSPS) is 70.4. The van der Waals surface area contributed by atoms with Gasteiger partial charge >= 0.3 is 0 Å². The van der Waals surface area contributed by atoms with E-state index in [1.807, 2.05) is 0 Å². The number of hydrogen-bond donors (Lipinski definition) is 7. The fourth-order valence-electron chi connectivity index (χ4n) is 8.67. The van der Waals surface area contributed by atoms with Crippen LogP contribution in [0.15, 0.2) is 0 Å². The summed E-state index contributed by atoms with van der Waals surface area (Å²) in [4.78, 5) is 0. The topological polar surface area (TPSA) is 151 Å². The number of aliphatic hydroxyl groups excluding tert-OH is 2. The molecule has 1 spiro atoms. The van der Waals surface area contributed by atoms with Crippen LogP contribution in [0.5, 0.6) is 0 Å². The second kappa shape index (κ2) is 4.48. The van der Waals surface area contributed by atoms with Gasteiger partial charge in [-0.3, -0.25) is 0 Å². The van der Waals surface area contributed by atoms with Crippen LogP contribution in [-0.2, 0) is 4.74 Å². The van der Waals surface area contributed by atoms with E-state index in [0.29, 0.717) is 6.42 Å². The van der Waals surface area contributed by atoms with E-state index in [0.717, 1.165) is 0 Å². The molecule has 0 aromatic rings. The lowest BCUT2D eigenvalue weighted by atomic mass is 9.52. The Morgan fingerprint density at radius 1 is 1.04 bits per heavy atom. The smallest absolute Gasteiger partial charge is 0.178 e. The first-order valence-electron chi connectivity index (χ1n) is 10.3. The van der Waals surface area contributed by atoms with Crippen LogP contribution in [0.4, 0.5) is 0 Å². The van der Waals surface area contributed by atoms with Gasteiger partial charge in [-0.25, -0.2) is 0 Å². The Morgan fingerprint density at radius 3 is 2.21 bits per heavy atom. The average molecular weight is 400 g/mol. The Balaban J connectivity index is 1.91. The lowest BCUT2D eigenvalue weighted by molar-refractivity contribution is -0.390. The van der Waals surface area contributed by atoms with Crippen molar-refractivity contribution in [2.75, 3.05) is 6.61 Å². The molecule has 4 aliphatic carbocycles. The molecular formula is C20H32O8. The first-order valence-corrected chi connectivity index (χ1v) is 10.3. The molecular weight excluding hydrogens is 368 g/mol. The van der Waals surface area contributed by atoms with E-state index in [2.05, 4.69) is 0 Å². The molecule has 6 aliphatic rings. The monoisotopic (exact) mass is 400 g/mol. The predicted molar refractivity (Wildman–Crippen MR) is 94.7 cm³/mol. The molecule has 6 bridgehead atoms. The van der Waals surface area contributed by atoms with E-state index < -0.39 is 63.3 Å². The summed E-state index contributed by atoms with van der Waals surface area (Å²) in [5, 5.41) is 80.8. The highest BCUT2D eigenvalue weighted by Crippen LogP contribution is 2.90. The van der Waals surface area contributed by atoms with Crippen LogP contribution in [-0.4, -0.2) is 82.2 Å². The molecule has 2 saturated heterocycles. The van der Waals surface area contributed by atoms with Crippen molar-refractivity contribution in [2.45, 2.75) is 93.3 Å². The second-order valence-corrected chi connectivity index (χ2v) is 10.8. The molecule has 0 radical (unpaired) electrons. The van der Waals surface area contributed by atoms with Crippen molar-refractivity contribution in [3.8, 4) is 0 Å². The standard InChI is InChI=1S/C20H32O8/c1-10-5-6-16(24)13(3)8-18(26)14(4)15(23,11(2)7-21)9-17(13,25)20(14,27)19(16,28-18)12(10)22/h10-12,21-27H,5-9H2,1-4H3/t10-,11?,12+,13-,14+,15-,16-,17+,18-,19+,20+/m0/s1. The highest BCUT2D eigenvalue weighted by molar-refractivity contribution is 5.54. The van der Waals surface area contributed by atoms with E-state index >= 15 is 0 Å². The maximum absolute atomic E-state index is 12.3. The molecule has 0 amide bonds. The van der Waals surface area contributed by atoms with Gasteiger partial charge < -0.3 is 40.5 Å². The largest absolute Gasteiger partial charge is 0.396 e. The predicted octanol–water partition coefficient (Wildman–Crippen LogP) is -1.38. The number of ether oxygens (including phenoxy) is 1. The molecule has 1 unspecified atom stereocenters. The minimum atomic E-state index is -2.32. The molecule has 4 saturated carbocycles. The van der Waals surface area contributed by atoms with E-state index in [9.17, 15) is 35.7 Å². The summed E-state index contributed by atoms with van der Waals surface area (Å²) in [7, 11) is 0. The Hall–Kier alpha value is -0.320. The molecule has 6 fully saturated rings. The van der Waals surface area contributed by atoms with Crippen molar-refractivity contribution in [3.63, 3.8) is 0 Å². The van der Waals surface area contributed by atoms with Crippen molar-refractivity contribution >= 4 is 0 Å². The zero-order valence-electron chi connectivity index (χ0n) is 16.8. The number of hydrogen-bond acceptors (Lipinski definition) is 8. The summed E-state index contributed by atoms with van der Waals surface area (Å²) in [6, 6.07) is 0. The summed E-state index contributed by atoms with van der Waals surface area (Å²) < 4.78 is 6.08. The van der Waals surface area contributed by atoms with Crippen molar-refractivity contribution in [1.82, 2.24) is 0 Å². The maximum atomic E-state index is 12.3. The summed E-state index contributed by atoms with van der Waals surface area (Å²) in [6.45, 7) is 5.97. The molecule has 6 rings (SSSR count). The second-order valence-electron chi connectivity index (χ2n) is 10.8. The van der Waals surface area contributed by atoms with Crippen LogP contribution < -0.4 is 0 Å². The fourth-order valence-corrected chi connectivity index (χ4v) is 8.67. The molecule has 7 N–H and O–H groups in total. The zero-order valence-corrected chi connectivity index (χ0v) is 16.8. The number of aliphatic hydroxyl groups is 7. The lowest BCUT2D eigenvalue weighted by Crippen LogP contribution is -2.75. The molecule has 8 nitrogen and oxygen atoms in total. The summed E-state index contributed by atoms with van der Waals surface area (Å²) >= 11 is 0. The molecule has 2 aliphatic heterocycles. The molecule has 28 heavy (non-hydrogen) atoms. The van der Waals surface area contributed by atoms with Gasteiger partial charge in [0.15, 0.2) is 11.4 Å². The van der Waals surface area contributed by atoms with E-state index in [4.69, 9.17) is 4.74 Å². The third kappa shape index (κ3) is 1.21. The SMILES string of the molecule is CC(CO)[C@@]1(O)C[C@@]2(O)[C@@]3(C)C[C@]4(O)O[C@@]5([C@H](O)[C@@H](C)CC[C@]35O)[C@@]2(O)[C@@]41C. The minimum absolute atomic E-state index is 0.187. The zero-order chi connectivity index (χ0) is 21.0. The van der Waals surface area contributed by atoms with Crippen LogP contribution in [0.2, 0.25) is 0 Å². The van der Waals surface area contributed by atoms with Gasteiger partial charge in [0.2, 0.25) is 0 Å². The van der Waals surface area contributed by atoms with E-state index in [1.165, 1.54) is 6.92 Å². The van der Waals surface area contributed by atoms with Crippen LogP contribution in [0.25, 0.3) is 0 Å². The van der Waals surface area contributed by atoms with Gasteiger partial charge in [-0.2, -0.15) is 0 Å². The number of rotatable bonds is 2. The maximum Gasteiger partial charge on any atom is 0.178 e. The molecule has 11 atom stereocenters. The van der Waals surface area contributed by atoms with Crippen LogP contribution in [0, 0.1) is 22.7 Å². The van der Waals surface area contributed by atoms with E-state index in [-0.39, 0.29) is 25.2 Å². The summed E-state index contributed by atoms with van der Waals surface area (Å²) in [5.74, 6) is -3.25.